The molecule has 0 saturated heterocycles. The van der Waals surface area contributed by atoms with Crippen LogP contribution in [0.5, 0.6) is 0 Å². The van der Waals surface area contributed by atoms with Gasteiger partial charge < -0.3 is 10.2 Å². The number of hydrogen-bond donors (Lipinski definition) is 1. The van der Waals surface area contributed by atoms with Crippen LogP contribution >= 0.6 is 0 Å². The van der Waals surface area contributed by atoms with Crippen LogP contribution in [0.4, 0.5) is 14.5 Å². The van der Waals surface area contributed by atoms with Gasteiger partial charge in [-0.25, -0.2) is 13.8 Å². The van der Waals surface area contributed by atoms with E-state index in [2.05, 4.69) is 4.98 Å². The number of rotatable bonds is 2. The first kappa shape index (κ1) is 11.6. The lowest BCUT2D eigenvalue weighted by Gasteiger charge is -2.03. The molecule has 3 nitrogen and oxygen atoms in total. The van der Waals surface area contributed by atoms with Crippen molar-refractivity contribution in [3.05, 3.63) is 35.7 Å². The molecule has 0 spiro atoms. The van der Waals surface area contributed by atoms with Gasteiger partial charge in [0.15, 0.2) is 11.6 Å². The van der Waals surface area contributed by atoms with Gasteiger partial charge in [0.2, 0.25) is 5.89 Å². The second-order valence-electron chi connectivity index (χ2n) is 4.08. The van der Waals surface area contributed by atoms with Crippen molar-refractivity contribution in [2.45, 2.75) is 19.8 Å². The number of nitrogens with two attached hydrogens (primary N) is 1. The highest BCUT2D eigenvalue weighted by Crippen LogP contribution is 2.29. The van der Waals surface area contributed by atoms with Gasteiger partial charge in [-0.15, -0.1) is 0 Å². The van der Waals surface area contributed by atoms with Crippen molar-refractivity contribution in [1.82, 2.24) is 4.98 Å². The largest absolute Gasteiger partial charge is 0.441 e. The second-order valence-corrected chi connectivity index (χ2v) is 4.08. The molecule has 0 bridgehead atoms. The summed E-state index contributed by atoms with van der Waals surface area (Å²) in [6.07, 6.45) is 1.56. The van der Waals surface area contributed by atoms with Crippen molar-refractivity contribution in [2.24, 2.45) is 0 Å². The molecule has 0 saturated carbocycles. The maximum Gasteiger partial charge on any atom is 0.228 e. The fraction of sp³-hybridized carbons (Fsp3) is 0.250. The van der Waals surface area contributed by atoms with E-state index in [0.29, 0.717) is 5.76 Å². The Morgan fingerprint density at radius 2 is 1.88 bits per heavy atom. The molecule has 90 valence electrons. The monoisotopic (exact) mass is 238 g/mol. The Morgan fingerprint density at radius 1 is 1.24 bits per heavy atom. The fourth-order valence-electron chi connectivity index (χ4n) is 1.43. The molecule has 0 atom stereocenters. The highest BCUT2D eigenvalue weighted by molar-refractivity contribution is 5.70. The van der Waals surface area contributed by atoms with Crippen molar-refractivity contribution < 1.29 is 13.2 Å². The molecular formula is C12H12F2N2O. The highest BCUT2D eigenvalue weighted by Gasteiger charge is 2.15. The summed E-state index contributed by atoms with van der Waals surface area (Å²) in [5, 5.41) is 0. The third-order valence-corrected chi connectivity index (χ3v) is 2.42. The summed E-state index contributed by atoms with van der Waals surface area (Å²) in [5.41, 5.74) is 5.96. The summed E-state index contributed by atoms with van der Waals surface area (Å²) < 4.78 is 31.4. The van der Waals surface area contributed by atoms with Crippen molar-refractivity contribution in [3.63, 3.8) is 0 Å². The van der Waals surface area contributed by atoms with Gasteiger partial charge in [-0.05, 0) is 6.07 Å². The van der Waals surface area contributed by atoms with Crippen molar-refractivity contribution in [1.29, 1.82) is 0 Å². The second kappa shape index (κ2) is 4.16. The number of benzene rings is 1. The van der Waals surface area contributed by atoms with Gasteiger partial charge in [-0.1, -0.05) is 13.8 Å². The molecule has 2 N–H and O–H groups in total. The van der Waals surface area contributed by atoms with E-state index in [1.807, 2.05) is 13.8 Å². The summed E-state index contributed by atoms with van der Waals surface area (Å²) in [5.74, 6) is -0.919. The quantitative estimate of drug-likeness (QED) is 0.816. The Balaban J connectivity index is 2.49. The lowest BCUT2D eigenvalue weighted by molar-refractivity contribution is 0.491. The Bertz CT molecular complexity index is 549. The lowest BCUT2D eigenvalue weighted by atomic mass is 10.1. The number of oxazole rings is 1. The number of nitrogens with zero attached hydrogens (tertiary/aromatic N) is 1. The molecule has 0 amide bonds. The van der Waals surface area contributed by atoms with Crippen LogP contribution in [0.15, 0.2) is 22.7 Å². The minimum absolute atomic E-state index is 0.0982. The predicted molar refractivity (Wildman–Crippen MR) is 60.4 cm³/mol. The topological polar surface area (TPSA) is 52.0 Å². The summed E-state index contributed by atoms with van der Waals surface area (Å²) in [7, 11) is 0. The molecule has 2 rings (SSSR count). The first-order valence-corrected chi connectivity index (χ1v) is 5.19. The lowest BCUT2D eigenvalue weighted by Crippen LogP contribution is -1.94. The van der Waals surface area contributed by atoms with Gasteiger partial charge in [0.25, 0.3) is 0 Å². The van der Waals surface area contributed by atoms with Crippen molar-refractivity contribution >= 4 is 5.69 Å². The van der Waals surface area contributed by atoms with Gasteiger partial charge in [0.05, 0.1) is 11.8 Å². The predicted octanol–water partition coefficient (Wildman–Crippen LogP) is 3.33. The Hall–Kier alpha value is -1.91. The summed E-state index contributed by atoms with van der Waals surface area (Å²) in [4.78, 5) is 4.00. The van der Waals surface area contributed by atoms with E-state index >= 15 is 0 Å². The molecule has 2 aromatic rings. The number of halogens is 2. The average molecular weight is 238 g/mol. The maximum atomic E-state index is 13.1. The summed E-state index contributed by atoms with van der Waals surface area (Å²) in [6, 6.07) is 1.91. The maximum absolute atomic E-state index is 13.1. The van der Waals surface area contributed by atoms with Crippen LogP contribution in [0.25, 0.3) is 11.5 Å². The fourth-order valence-corrected chi connectivity index (χ4v) is 1.43. The molecule has 1 aromatic heterocycles. The minimum Gasteiger partial charge on any atom is -0.441 e. The van der Waals surface area contributed by atoms with Gasteiger partial charge in [0.1, 0.15) is 5.76 Å². The van der Waals surface area contributed by atoms with Gasteiger partial charge in [-0.3, -0.25) is 0 Å². The molecule has 17 heavy (non-hydrogen) atoms. The number of aromatic nitrogens is 1. The first-order chi connectivity index (χ1) is 7.99. The van der Waals surface area contributed by atoms with Gasteiger partial charge >= 0.3 is 0 Å². The minimum atomic E-state index is -0.984. The number of hydrogen-bond acceptors (Lipinski definition) is 3. The van der Waals surface area contributed by atoms with Crippen molar-refractivity contribution in [3.8, 4) is 11.5 Å². The summed E-state index contributed by atoms with van der Waals surface area (Å²) >= 11 is 0. The van der Waals surface area contributed by atoms with E-state index < -0.39 is 11.6 Å². The van der Waals surface area contributed by atoms with E-state index in [1.54, 1.807) is 6.20 Å². The van der Waals surface area contributed by atoms with Crippen LogP contribution in [-0.2, 0) is 0 Å². The van der Waals surface area contributed by atoms with Crippen molar-refractivity contribution in [2.75, 3.05) is 5.73 Å². The van der Waals surface area contributed by atoms with E-state index in [0.717, 1.165) is 12.1 Å². The Morgan fingerprint density at radius 3 is 2.47 bits per heavy atom. The molecule has 0 aliphatic heterocycles. The van der Waals surface area contributed by atoms with Crippen LogP contribution in [0.1, 0.15) is 25.5 Å². The van der Waals surface area contributed by atoms with E-state index in [-0.39, 0.29) is 23.1 Å². The molecule has 5 heteroatoms. The average Bonchev–Trinajstić information content (AvgIpc) is 2.72. The van der Waals surface area contributed by atoms with Crippen LogP contribution < -0.4 is 5.73 Å². The summed E-state index contributed by atoms with van der Waals surface area (Å²) in [6.45, 7) is 3.89. The normalized spacial score (nSPS) is 11.1. The zero-order chi connectivity index (χ0) is 12.6. The molecule has 1 aromatic carbocycles. The standard InChI is InChI=1S/C12H12F2N2O/c1-6(2)11-5-16-12(17-11)7-3-8(13)9(14)4-10(7)15/h3-6H,15H2,1-2H3. The molecular weight excluding hydrogens is 226 g/mol. The third-order valence-electron chi connectivity index (χ3n) is 2.42. The smallest absolute Gasteiger partial charge is 0.228 e. The number of nitrogen functional groups attached to an aromatic ring is 1. The molecule has 0 aliphatic carbocycles. The zero-order valence-corrected chi connectivity index (χ0v) is 9.50. The van der Waals surface area contributed by atoms with Gasteiger partial charge in [-0.2, -0.15) is 0 Å². The Kier molecular flexibility index (Phi) is 2.83. The molecule has 0 fully saturated rings. The Labute approximate surface area is 97.3 Å². The third kappa shape index (κ3) is 2.13. The van der Waals surface area contributed by atoms with Crippen LogP contribution in [0.2, 0.25) is 0 Å². The van der Waals surface area contributed by atoms with Gasteiger partial charge in [0, 0.05) is 17.7 Å². The van der Waals surface area contributed by atoms with Crippen LogP contribution in [0, 0.1) is 11.6 Å². The van der Waals surface area contributed by atoms with E-state index in [1.165, 1.54) is 0 Å². The molecule has 0 aliphatic rings. The molecule has 1 heterocycles. The highest BCUT2D eigenvalue weighted by atomic mass is 19.2. The van der Waals surface area contributed by atoms with E-state index in [4.69, 9.17) is 10.2 Å². The van der Waals surface area contributed by atoms with Crippen LogP contribution in [-0.4, -0.2) is 4.98 Å². The van der Waals surface area contributed by atoms with E-state index in [9.17, 15) is 8.78 Å². The first-order valence-electron chi connectivity index (χ1n) is 5.19. The SMILES string of the molecule is CC(C)c1cnc(-c2cc(F)c(F)cc2N)o1. The molecule has 0 radical (unpaired) electrons. The zero-order valence-electron chi connectivity index (χ0n) is 9.50. The molecule has 0 unspecified atom stereocenters. The van der Waals surface area contributed by atoms with Crippen LogP contribution in [0.3, 0.4) is 0 Å². The number of anilines is 1.